The molecule has 0 fully saturated rings. The first-order valence-electron chi connectivity index (χ1n) is 6.02. The van der Waals surface area contributed by atoms with E-state index in [-0.39, 0.29) is 5.92 Å². The van der Waals surface area contributed by atoms with E-state index in [1.54, 1.807) is 0 Å². The summed E-state index contributed by atoms with van der Waals surface area (Å²) in [6.07, 6.45) is 0.859. The number of benzene rings is 1. The smallest absolute Gasteiger partial charge is 0.320 e. The van der Waals surface area contributed by atoms with Gasteiger partial charge in [0.2, 0.25) is 0 Å². The van der Waals surface area contributed by atoms with Gasteiger partial charge in [-0.05, 0) is 31.4 Å². The maximum Gasteiger partial charge on any atom is 0.320 e. The van der Waals surface area contributed by atoms with Gasteiger partial charge in [0.05, 0.1) is 0 Å². The molecule has 0 spiro atoms. The van der Waals surface area contributed by atoms with E-state index in [1.165, 1.54) is 11.1 Å². The van der Waals surface area contributed by atoms with Crippen molar-refractivity contribution in [1.82, 2.24) is 5.32 Å². The maximum absolute atomic E-state index is 11.0. The number of nitrogens with one attached hydrogen (secondary N) is 1. The minimum absolute atomic E-state index is 0.102. The molecule has 3 nitrogen and oxygen atoms in total. The van der Waals surface area contributed by atoms with Gasteiger partial charge >= 0.3 is 5.97 Å². The Kier molecular flexibility index (Phi) is 5.16. The number of hydrogen-bond donors (Lipinski definition) is 2. The maximum atomic E-state index is 11.0. The van der Waals surface area contributed by atoms with Crippen molar-refractivity contribution in [2.45, 2.75) is 33.2 Å². The van der Waals surface area contributed by atoms with E-state index in [0.717, 1.165) is 6.42 Å². The summed E-state index contributed by atoms with van der Waals surface area (Å²) in [7, 11) is 0. The van der Waals surface area contributed by atoms with Crippen LogP contribution in [0.25, 0.3) is 0 Å². The third kappa shape index (κ3) is 4.57. The molecule has 0 bridgehead atoms. The molecule has 0 aromatic heterocycles. The number of hydrogen-bond acceptors (Lipinski definition) is 2. The fourth-order valence-corrected chi connectivity index (χ4v) is 1.85. The minimum atomic E-state index is -0.774. The first-order valence-corrected chi connectivity index (χ1v) is 6.02. The molecule has 0 aliphatic rings. The van der Waals surface area contributed by atoms with E-state index >= 15 is 0 Å². The van der Waals surface area contributed by atoms with E-state index in [0.29, 0.717) is 6.54 Å². The molecule has 0 radical (unpaired) electrons. The van der Waals surface area contributed by atoms with Gasteiger partial charge in [-0.25, -0.2) is 0 Å². The van der Waals surface area contributed by atoms with E-state index in [4.69, 9.17) is 5.11 Å². The summed E-state index contributed by atoms with van der Waals surface area (Å²) >= 11 is 0. The zero-order valence-electron chi connectivity index (χ0n) is 10.7. The average Bonchev–Trinajstić information content (AvgIpc) is 2.23. The van der Waals surface area contributed by atoms with Crippen LogP contribution in [-0.4, -0.2) is 23.7 Å². The Balaban J connectivity index is 2.44. The van der Waals surface area contributed by atoms with Gasteiger partial charge in [0.25, 0.3) is 0 Å². The molecule has 1 aromatic rings. The molecule has 0 saturated carbocycles. The first-order chi connectivity index (χ1) is 8.00. The van der Waals surface area contributed by atoms with Crippen LogP contribution in [0.15, 0.2) is 24.3 Å². The Bertz CT molecular complexity index is 374. The van der Waals surface area contributed by atoms with Crippen LogP contribution in [0.3, 0.4) is 0 Å². The van der Waals surface area contributed by atoms with Crippen molar-refractivity contribution in [1.29, 1.82) is 0 Å². The lowest BCUT2D eigenvalue weighted by Gasteiger charge is -2.17. The highest BCUT2D eigenvalue weighted by molar-refractivity contribution is 5.73. The quantitative estimate of drug-likeness (QED) is 0.795. The van der Waals surface area contributed by atoms with Crippen LogP contribution in [0.1, 0.15) is 25.0 Å². The molecular weight excluding hydrogens is 214 g/mol. The lowest BCUT2D eigenvalue weighted by atomic mass is 10.0. The molecule has 0 amide bonds. The fraction of sp³-hybridized carbons (Fsp3) is 0.500. The largest absolute Gasteiger partial charge is 0.480 e. The fourth-order valence-electron chi connectivity index (χ4n) is 1.85. The third-order valence-electron chi connectivity index (χ3n) is 2.79. The van der Waals surface area contributed by atoms with Crippen molar-refractivity contribution in [3.05, 3.63) is 35.4 Å². The number of carboxylic acids is 1. The standard InChI is InChI=1S/C14H21NO2/c1-10(2)13(14(16)17)15-8-7-12-6-4-5-11(3)9-12/h4-6,9-10,13,15H,7-8H2,1-3H3,(H,16,17)/t13-/m1/s1. The van der Waals surface area contributed by atoms with Gasteiger partial charge in [0.15, 0.2) is 0 Å². The van der Waals surface area contributed by atoms with Gasteiger partial charge in [-0.15, -0.1) is 0 Å². The second-order valence-corrected chi connectivity index (χ2v) is 4.75. The van der Waals surface area contributed by atoms with Gasteiger partial charge in [-0.3, -0.25) is 4.79 Å². The van der Waals surface area contributed by atoms with Crippen molar-refractivity contribution in [2.24, 2.45) is 5.92 Å². The summed E-state index contributed by atoms with van der Waals surface area (Å²) in [6.45, 7) is 6.58. The number of carbonyl (C=O) groups is 1. The van der Waals surface area contributed by atoms with Crippen LogP contribution < -0.4 is 5.32 Å². The molecule has 0 aliphatic carbocycles. The minimum Gasteiger partial charge on any atom is -0.480 e. The number of carboxylic acid groups (broad SMARTS) is 1. The highest BCUT2D eigenvalue weighted by Crippen LogP contribution is 2.05. The van der Waals surface area contributed by atoms with Crippen LogP contribution in [0.4, 0.5) is 0 Å². The topological polar surface area (TPSA) is 49.3 Å². The van der Waals surface area contributed by atoms with Crippen molar-refractivity contribution in [2.75, 3.05) is 6.54 Å². The average molecular weight is 235 g/mol. The summed E-state index contributed by atoms with van der Waals surface area (Å²) in [4.78, 5) is 11.0. The Hall–Kier alpha value is -1.35. The van der Waals surface area contributed by atoms with Crippen molar-refractivity contribution >= 4 is 5.97 Å². The molecule has 3 heteroatoms. The van der Waals surface area contributed by atoms with E-state index in [9.17, 15) is 4.79 Å². The summed E-state index contributed by atoms with van der Waals surface area (Å²) in [6, 6.07) is 7.83. The van der Waals surface area contributed by atoms with Crippen molar-refractivity contribution < 1.29 is 9.90 Å². The van der Waals surface area contributed by atoms with Gasteiger partial charge in [-0.2, -0.15) is 0 Å². The molecule has 1 rings (SSSR count). The molecule has 2 N–H and O–H groups in total. The highest BCUT2D eigenvalue weighted by atomic mass is 16.4. The zero-order valence-corrected chi connectivity index (χ0v) is 10.7. The molecule has 0 aliphatic heterocycles. The molecule has 0 unspecified atom stereocenters. The third-order valence-corrected chi connectivity index (χ3v) is 2.79. The second kappa shape index (κ2) is 6.40. The molecular formula is C14H21NO2. The molecule has 1 aromatic carbocycles. The zero-order chi connectivity index (χ0) is 12.8. The molecule has 0 heterocycles. The van der Waals surface area contributed by atoms with Crippen LogP contribution in [-0.2, 0) is 11.2 Å². The Morgan fingerprint density at radius 2 is 2.12 bits per heavy atom. The summed E-state index contributed by atoms with van der Waals surface area (Å²) < 4.78 is 0. The van der Waals surface area contributed by atoms with Crippen molar-refractivity contribution in [3.63, 3.8) is 0 Å². The van der Waals surface area contributed by atoms with E-state index in [1.807, 2.05) is 19.9 Å². The number of rotatable bonds is 6. The normalized spacial score (nSPS) is 12.7. The molecule has 94 valence electrons. The highest BCUT2D eigenvalue weighted by Gasteiger charge is 2.19. The predicted octanol–water partition coefficient (Wildman–Crippen LogP) is 2.24. The van der Waals surface area contributed by atoms with E-state index in [2.05, 4.69) is 30.4 Å². The van der Waals surface area contributed by atoms with Crippen LogP contribution >= 0.6 is 0 Å². The second-order valence-electron chi connectivity index (χ2n) is 4.75. The van der Waals surface area contributed by atoms with Crippen LogP contribution in [0, 0.1) is 12.8 Å². The van der Waals surface area contributed by atoms with Gasteiger partial charge < -0.3 is 10.4 Å². The monoisotopic (exact) mass is 235 g/mol. The molecule has 17 heavy (non-hydrogen) atoms. The Labute approximate surface area is 103 Å². The molecule has 0 saturated heterocycles. The summed E-state index contributed by atoms with van der Waals surface area (Å²) in [5.41, 5.74) is 2.48. The van der Waals surface area contributed by atoms with E-state index < -0.39 is 12.0 Å². The number of aryl methyl sites for hydroxylation is 1. The lowest BCUT2D eigenvalue weighted by Crippen LogP contribution is -2.41. The lowest BCUT2D eigenvalue weighted by molar-refractivity contribution is -0.140. The van der Waals surface area contributed by atoms with Gasteiger partial charge in [0.1, 0.15) is 6.04 Å². The predicted molar refractivity (Wildman–Crippen MR) is 69.1 cm³/mol. The SMILES string of the molecule is Cc1cccc(CCN[C@@H](C(=O)O)C(C)C)c1. The van der Waals surface area contributed by atoms with Crippen LogP contribution in [0.5, 0.6) is 0 Å². The Morgan fingerprint density at radius 3 is 2.65 bits per heavy atom. The first kappa shape index (κ1) is 13.7. The number of aliphatic carboxylic acids is 1. The summed E-state index contributed by atoms with van der Waals surface area (Å²) in [5, 5.41) is 12.1. The Morgan fingerprint density at radius 1 is 1.41 bits per heavy atom. The van der Waals surface area contributed by atoms with Gasteiger partial charge in [-0.1, -0.05) is 43.7 Å². The van der Waals surface area contributed by atoms with Crippen LogP contribution in [0.2, 0.25) is 0 Å². The molecule has 1 atom stereocenters. The van der Waals surface area contributed by atoms with Gasteiger partial charge in [0, 0.05) is 0 Å². The summed E-state index contributed by atoms with van der Waals surface area (Å²) in [5.74, 6) is -0.672. The van der Waals surface area contributed by atoms with Crippen molar-refractivity contribution in [3.8, 4) is 0 Å².